The average Bonchev–Trinajstić information content (AvgIpc) is 2.40. The summed E-state index contributed by atoms with van der Waals surface area (Å²) in [5, 5.41) is 21.5. The van der Waals surface area contributed by atoms with Crippen molar-refractivity contribution in [1.29, 1.82) is 0 Å². The highest BCUT2D eigenvalue weighted by Gasteiger charge is 2.49. The van der Waals surface area contributed by atoms with Gasteiger partial charge in [0, 0.05) is 0 Å². The zero-order valence-corrected chi connectivity index (χ0v) is 14.2. The molecule has 0 radical (unpaired) electrons. The summed E-state index contributed by atoms with van der Waals surface area (Å²) in [5.41, 5.74) is 0. The van der Waals surface area contributed by atoms with E-state index < -0.39 is 11.6 Å². The molecule has 0 aromatic carbocycles. The first-order valence-electron chi connectivity index (χ1n) is 8.11. The van der Waals surface area contributed by atoms with Crippen LogP contribution in [0.4, 0.5) is 0 Å². The Morgan fingerprint density at radius 1 is 0.400 bits per heavy atom. The molecule has 0 unspecified atom stereocenters. The fourth-order valence-electron chi connectivity index (χ4n) is 2.76. The molecule has 0 aliphatic heterocycles. The molecule has 6 N–H and O–H groups in total. The van der Waals surface area contributed by atoms with E-state index in [-0.39, 0.29) is 0 Å². The van der Waals surface area contributed by atoms with Crippen LogP contribution in [0.5, 0.6) is 0 Å². The predicted molar refractivity (Wildman–Crippen MR) is 87.5 cm³/mol. The van der Waals surface area contributed by atoms with E-state index in [2.05, 4.69) is 73.4 Å². The molecule has 122 valence electrons. The highest BCUT2D eigenvalue weighted by atomic mass is 15.5. The summed E-state index contributed by atoms with van der Waals surface area (Å²) in [5.74, 6) is -0.930. The fraction of sp³-hybridized carbons (Fsp3) is 1.00. The highest BCUT2D eigenvalue weighted by Crippen LogP contribution is 2.12. The minimum atomic E-state index is -0.465. The van der Waals surface area contributed by atoms with E-state index in [0.29, 0.717) is 0 Å². The molecular formula is C14H36N6. The number of nitrogens with one attached hydrogen (secondary N) is 6. The molecular weight excluding hydrogens is 252 g/mol. The van der Waals surface area contributed by atoms with Gasteiger partial charge in [0.05, 0.1) is 0 Å². The van der Waals surface area contributed by atoms with Crippen molar-refractivity contribution >= 4 is 0 Å². The first-order chi connectivity index (χ1) is 9.61. The van der Waals surface area contributed by atoms with Gasteiger partial charge in [-0.1, -0.05) is 41.5 Å². The maximum Gasteiger partial charge on any atom is 0.170 e. The summed E-state index contributed by atoms with van der Waals surface area (Å²) in [6.07, 6.45) is 0. The van der Waals surface area contributed by atoms with E-state index in [1.165, 1.54) is 0 Å². The molecule has 0 rings (SSSR count). The van der Waals surface area contributed by atoms with Crippen molar-refractivity contribution in [2.75, 3.05) is 39.3 Å². The van der Waals surface area contributed by atoms with Gasteiger partial charge < -0.3 is 0 Å². The van der Waals surface area contributed by atoms with Gasteiger partial charge in [-0.3, -0.25) is 31.9 Å². The molecule has 0 amide bonds. The Bertz CT molecular complexity index is 176. The second-order valence-electron chi connectivity index (χ2n) is 4.68. The summed E-state index contributed by atoms with van der Waals surface area (Å²) >= 11 is 0. The molecule has 0 spiro atoms. The van der Waals surface area contributed by atoms with Crippen molar-refractivity contribution in [3.8, 4) is 0 Å². The normalized spacial score (nSPS) is 12.9. The summed E-state index contributed by atoms with van der Waals surface area (Å²) in [6.45, 7) is 17.9. The number of likely N-dealkylation sites (N-methyl/N-ethyl adjacent to an activating group) is 6. The second kappa shape index (κ2) is 10.5. The van der Waals surface area contributed by atoms with E-state index in [0.717, 1.165) is 39.3 Å². The van der Waals surface area contributed by atoms with Crippen LogP contribution < -0.4 is 31.9 Å². The molecule has 0 aromatic rings. The second-order valence-corrected chi connectivity index (χ2v) is 4.68. The Morgan fingerprint density at radius 3 is 0.650 bits per heavy atom. The van der Waals surface area contributed by atoms with Crippen molar-refractivity contribution in [2.24, 2.45) is 0 Å². The fourth-order valence-corrected chi connectivity index (χ4v) is 2.76. The Kier molecular flexibility index (Phi) is 10.4. The van der Waals surface area contributed by atoms with Crippen LogP contribution in [0, 0.1) is 0 Å². The molecule has 20 heavy (non-hydrogen) atoms. The molecule has 0 fully saturated rings. The van der Waals surface area contributed by atoms with Crippen molar-refractivity contribution < 1.29 is 0 Å². The molecule has 0 saturated heterocycles. The highest BCUT2D eigenvalue weighted by molar-refractivity contribution is 5.03. The molecule has 6 nitrogen and oxygen atoms in total. The van der Waals surface area contributed by atoms with Crippen molar-refractivity contribution in [3.05, 3.63) is 0 Å². The van der Waals surface area contributed by atoms with Gasteiger partial charge in [-0.05, 0) is 39.3 Å². The van der Waals surface area contributed by atoms with Gasteiger partial charge in [0.1, 0.15) is 0 Å². The summed E-state index contributed by atoms with van der Waals surface area (Å²) in [6, 6.07) is 0. The Morgan fingerprint density at radius 2 is 0.550 bits per heavy atom. The van der Waals surface area contributed by atoms with Gasteiger partial charge in [-0.25, -0.2) is 0 Å². The third-order valence-corrected chi connectivity index (χ3v) is 3.21. The van der Waals surface area contributed by atoms with E-state index >= 15 is 0 Å². The molecule has 0 saturated carbocycles. The Labute approximate surface area is 125 Å². The van der Waals surface area contributed by atoms with Gasteiger partial charge >= 0.3 is 0 Å². The quantitative estimate of drug-likeness (QED) is 0.267. The molecule has 0 aromatic heterocycles. The molecule has 0 aliphatic rings. The molecule has 0 heterocycles. The zero-order chi connectivity index (χ0) is 15.5. The van der Waals surface area contributed by atoms with E-state index in [1.807, 2.05) is 0 Å². The SMILES string of the molecule is CCNC(NCC)(NCC)C(NCC)(NCC)NCC. The standard InChI is InChI=1S/C14H36N6/c1-7-15-13(16-8-2,17-9-3)14(18-10-4,19-11-5)20-12-6/h15-20H,7-12H2,1-6H3. The number of hydrogen-bond acceptors (Lipinski definition) is 6. The van der Waals surface area contributed by atoms with Crippen LogP contribution in [0.3, 0.4) is 0 Å². The van der Waals surface area contributed by atoms with Crippen LogP contribution >= 0.6 is 0 Å². The first-order valence-corrected chi connectivity index (χ1v) is 8.11. The van der Waals surface area contributed by atoms with Gasteiger partial charge in [0.2, 0.25) is 0 Å². The lowest BCUT2D eigenvalue weighted by Gasteiger charge is -2.52. The van der Waals surface area contributed by atoms with Gasteiger partial charge in [-0.2, -0.15) is 0 Å². The number of hydrogen-bond donors (Lipinski definition) is 6. The summed E-state index contributed by atoms with van der Waals surface area (Å²) in [7, 11) is 0. The van der Waals surface area contributed by atoms with Crippen molar-refractivity contribution in [1.82, 2.24) is 31.9 Å². The summed E-state index contributed by atoms with van der Waals surface area (Å²) < 4.78 is 0. The van der Waals surface area contributed by atoms with Crippen LogP contribution in [-0.2, 0) is 0 Å². The monoisotopic (exact) mass is 288 g/mol. The maximum atomic E-state index is 3.58. The van der Waals surface area contributed by atoms with Crippen LogP contribution in [0.15, 0.2) is 0 Å². The Balaban J connectivity index is 5.62. The smallest absolute Gasteiger partial charge is 0.170 e. The third kappa shape index (κ3) is 4.65. The minimum absolute atomic E-state index is 0.465. The lowest BCUT2D eigenvalue weighted by atomic mass is 10.1. The van der Waals surface area contributed by atoms with Gasteiger partial charge in [0.15, 0.2) is 11.6 Å². The van der Waals surface area contributed by atoms with Gasteiger partial charge in [0.25, 0.3) is 0 Å². The van der Waals surface area contributed by atoms with E-state index in [9.17, 15) is 0 Å². The topological polar surface area (TPSA) is 72.2 Å². The van der Waals surface area contributed by atoms with E-state index in [4.69, 9.17) is 0 Å². The number of rotatable bonds is 13. The molecule has 0 aliphatic carbocycles. The lowest BCUT2D eigenvalue weighted by Crippen LogP contribution is -2.90. The molecule has 6 heteroatoms. The molecule has 0 bridgehead atoms. The Hall–Kier alpha value is -0.240. The van der Waals surface area contributed by atoms with Crippen molar-refractivity contribution in [3.63, 3.8) is 0 Å². The zero-order valence-electron chi connectivity index (χ0n) is 14.2. The summed E-state index contributed by atoms with van der Waals surface area (Å²) in [4.78, 5) is 0. The van der Waals surface area contributed by atoms with Gasteiger partial charge in [-0.15, -0.1) is 0 Å². The van der Waals surface area contributed by atoms with E-state index in [1.54, 1.807) is 0 Å². The first kappa shape index (κ1) is 19.8. The lowest BCUT2D eigenvalue weighted by molar-refractivity contribution is 0.00824. The predicted octanol–water partition coefficient (Wildman–Crippen LogP) is -0.0490. The van der Waals surface area contributed by atoms with Crippen LogP contribution in [0.25, 0.3) is 0 Å². The maximum absolute atomic E-state index is 3.58. The average molecular weight is 288 g/mol. The third-order valence-electron chi connectivity index (χ3n) is 3.21. The largest absolute Gasteiger partial charge is 0.283 e. The van der Waals surface area contributed by atoms with Crippen molar-refractivity contribution in [2.45, 2.75) is 53.1 Å². The minimum Gasteiger partial charge on any atom is -0.283 e. The van der Waals surface area contributed by atoms with Crippen LogP contribution in [0.1, 0.15) is 41.5 Å². The van der Waals surface area contributed by atoms with Crippen LogP contribution in [-0.4, -0.2) is 50.8 Å². The molecule has 0 atom stereocenters. The van der Waals surface area contributed by atoms with Crippen LogP contribution in [0.2, 0.25) is 0 Å².